The van der Waals surface area contributed by atoms with E-state index in [9.17, 15) is 18.0 Å². The molecule has 2 amide bonds. The smallest absolute Gasteiger partial charge is 0.265 e. The summed E-state index contributed by atoms with van der Waals surface area (Å²) in [6.07, 6.45) is 0.727. The van der Waals surface area contributed by atoms with Crippen molar-refractivity contribution in [2.45, 2.75) is 39.3 Å². The summed E-state index contributed by atoms with van der Waals surface area (Å²) in [7, 11) is -1.91. The Bertz CT molecular complexity index is 1020. The van der Waals surface area contributed by atoms with E-state index in [1.54, 1.807) is 48.5 Å². The number of carbonyl (C=O) groups is 2. The Balaban J connectivity index is 2.12. The maximum atomic E-state index is 12.8. The van der Waals surface area contributed by atoms with E-state index < -0.39 is 16.1 Å². The molecule has 0 radical (unpaired) electrons. The number of anilines is 2. The van der Waals surface area contributed by atoms with Crippen LogP contribution in [0.1, 0.15) is 37.6 Å². The molecule has 2 N–H and O–H groups in total. The van der Waals surface area contributed by atoms with Gasteiger partial charge in [-0.3, -0.25) is 13.9 Å². The molecule has 0 aliphatic heterocycles. The van der Waals surface area contributed by atoms with Gasteiger partial charge in [0.15, 0.2) is 6.10 Å². The first-order valence-electron chi connectivity index (χ1n) is 9.94. The molecule has 0 aromatic heterocycles. The Morgan fingerprint density at radius 2 is 1.68 bits per heavy atom. The van der Waals surface area contributed by atoms with Crippen LogP contribution in [0.15, 0.2) is 48.5 Å². The van der Waals surface area contributed by atoms with Crippen LogP contribution in [0.4, 0.5) is 11.4 Å². The van der Waals surface area contributed by atoms with Crippen LogP contribution >= 0.6 is 0 Å². The zero-order valence-electron chi connectivity index (χ0n) is 18.4. The van der Waals surface area contributed by atoms with Crippen molar-refractivity contribution in [2.75, 3.05) is 22.9 Å². The van der Waals surface area contributed by atoms with Crippen molar-refractivity contribution < 1.29 is 22.7 Å². The molecule has 168 valence electrons. The number of benzene rings is 2. The number of hydrogen-bond donors (Lipinski definition) is 2. The summed E-state index contributed by atoms with van der Waals surface area (Å²) in [4.78, 5) is 25.2. The van der Waals surface area contributed by atoms with Crippen LogP contribution in [-0.2, 0) is 14.8 Å². The first kappa shape index (κ1) is 24.2. The summed E-state index contributed by atoms with van der Waals surface area (Å²) >= 11 is 0. The molecule has 0 fully saturated rings. The van der Waals surface area contributed by atoms with Gasteiger partial charge in [0.05, 0.1) is 23.2 Å². The van der Waals surface area contributed by atoms with Crippen molar-refractivity contribution in [3.05, 3.63) is 54.1 Å². The first-order chi connectivity index (χ1) is 14.5. The summed E-state index contributed by atoms with van der Waals surface area (Å²) in [5, 5.41) is 5.59. The summed E-state index contributed by atoms with van der Waals surface area (Å²) in [5.74, 6) is -0.228. The fraction of sp³-hybridized carbons (Fsp3) is 0.364. The largest absolute Gasteiger partial charge is 0.481 e. The van der Waals surface area contributed by atoms with Crippen LogP contribution < -0.4 is 19.7 Å². The van der Waals surface area contributed by atoms with Crippen molar-refractivity contribution >= 4 is 33.2 Å². The second-order valence-electron chi connectivity index (χ2n) is 7.40. The van der Waals surface area contributed by atoms with E-state index in [0.29, 0.717) is 29.1 Å². The Hall–Kier alpha value is -3.07. The number of nitrogens with zero attached hydrogens (tertiary/aromatic N) is 1. The standard InChI is InChI=1S/C22H29N3O5S/c1-6-20(30-17-13-11-16(12-14-17)25(4)31(5,28)29)22(27)24-19-10-8-7-9-18(19)21(26)23-15(2)3/h7-15,20H,6H2,1-5H3,(H,23,26)(H,24,27)/t20-/m1/s1. The molecule has 0 aliphatic carbocycles. The van der Waals surface area contributed by atoms with Gasteiger partial charge in [-0.2, -0.15) is 0 Å². The highest BCUT2D eigenvalue weighted by Crippen LogP contribution is 2.22. The van der Waals surface area contributed by atoms with E-state index in [-0.39, 0.29) is 17.9 Å². The average molecular weight is 448 g/mol. The fourth-order valence-corrected chi connectivity index (χ4v) is 3.26. The van der Waals surface area contributed by atoms with Crippen molar-refractivity contribution in [2.24, 2.45) is 0 Å². The van der Waals surface area contributed by atoms with Crippen LogP contribution in [-0.4, -0.2) is 45.7 Å². The minimum absolute atomic E-state index is 0.0345. The number of para-hydroxylation sites is 1. The number of nitrogens with one attached hydrogen (secondary N) is 2. The van der Waals surface area contributed by atoms with E-state index in [0.717, 1.165) is 10.6 Å². The van der Waals surface area contributed by atoms with Gasteiger partial charge in [0, 0.05) is 13.1 Å². The molecule has 2 aromatic rings. The van der Waals surface area contributed by atoms with Gasteiger partial charge in [-0.05, 0) is 56.7 Å². The number of sulfonamides is 1. The van der Waals surface area contributed by atoms with Gasteiger partial charge in [-0.1, -0.05) is 19.1 Å². The Labute approximate surface area is 183 Å². The molecule has 0 spiro atoms. The van der Waals surface area contributed by atoms with Crippen LogP contribution in [0.25, 0.3) is 0 Å². The third-order valence-corrected chi connectivity index (χ3v) is 5.69. The lowest BCUT2D eigenvalue weighted by Crippen LogP contribution is -2.34. The summed E-state index contributed by atoms with van der Waals surface area (Å²) in [6.45, 7) is 5.53. The molecule has 0 saturated carbocycles. The molecular weight excluding hydrogens is 418 g/mol. The van der Waals surface area contributed by atoms with Gasteiger partial charge in [0.25, 0.3) is 11.8 Å². The van der Waals surface area contributed by atoms with Gasteiger partial charge < -0.3 is 15.4 Å². The highest BCUT2D eigenvalue weighted by molar-refractivity contribution is 7.92. The monoisotopic (exact) mass is 447 g/mol. The lowest BCUT2D eigenvalue weighted by molar-refractivity contribution is -0.122. The molecule has 2 rings (SSSR count). The normalized spacial score (nSPS) is 12.2. The zero-order valence-corrected chi connectivity index (χ0v) is 19.2. The van der Waals surface area contributed by atoms with Crippen LogP contribution in [0, 0.1) is 0 Å². The van der Waals surface area contributed by atoms with Gasteiger partial charge in [-0.15, -0.1) is 0 Å². The predicted molar refractivity (Wildman–Crippen MR) is 122 cm³/mol. The van der Waals surface area contributed by atoms with E-state index >= 15 is 0 Å². The zero-order chi connectivity index (χ0) is 23.2. The Kier molecular flexibility index (Phi) is 8.04. The molecule has 0 saturated heterocycles. The van der Waals surface area contributed by atoms with E-state index in [4.69, 9.17) is 4.74 Å². The molecule has 8 nitrogen and oxygen atoms in total. The summed E-state index contributed by atoms with van der Waals surface area (Å²) < 4.78 is 30.3. The molecule has 2 aromatic carbocycles. The Morgan fingerprint density at radius 1 is 1.06 bits per heavy atom. The maximum absolute atomic E-state index is 12.8. The number of carbonyl (C=O) groups excluding carboxylic acids is 2. The molecule has 9 heteroatoms. The van der Waals surface area contributed by atoms with E-state index in [1.165, 1.54) is 7.05 Å². The summed E-state index contributed by atoms with van der Waals surface area (Å²) in [5.41, 5.74) is 1.25. The highest BCUT2D eigenvalue weighted by Gasteiger charge is 2.21. The molecule has 0 unspecified atom stereocenters. The van der Waals surface area contributed by atoms with E-state index in [2.05, 4.69) is 10.6 Å². The third-order valence-electron chi connectivity index (χ3n) is 4.49. The van der Waals surface area contributed by atoms with Crippen LogP contribution in [0.2, 0.25) is 0 Å². The lowest BCUT2D eigenvalue weighted by atomic mass is 10.1. The SMILES string of the molecule is CC[C@@H](Oc1ccc(N(C)S(C)(=O)=O)cc1)C(=O)Nc1ccccc1C(=O)NC(C)C. The van der Waals surface area contributed by atoms with Crippen LogP contribution in [0.3, 0.4) is 0 Å². The highest BCUT2D eigenvalue weighted by atomic mass is 32.2. The van der Waals surface area contributed by atoms with Crippen molar-refractivity contribution in [1.82, 2.24) is 5.32 Å². The molecule has 1 atom stereocenters. The maximum Gasteiger partial charge on any atom is 0.265 e. The van der Waals surface area contributed by atoms with E-state index in [1.807, 2.05) is 20.8 Å². The number of amides is 2. The lowest BCUT2D eigenvalue weighted by Gasteiger charge is -2.20. The second-order valence-corrected chi connectivity index (χ2v) is 9.42. The van der Waals surface area contributed by atoms with Gasteiger partial charge in [0.1, 0.15) is 5.75 Å². The minimum atomic E-state index is -3.37. The molecular formula is C22H29N3O5S. The van der Waals surface area contributed by atoms with Crippen molar-refractivity contribution in [1.29, 1.82) is 0 Å². The Morgan fingerprint density at radius 3 is 2.23 bits per heavy atom. The topological polar surface area (TPSA) is 105 Å². The molecule has 31 heavy (non-hydrogen) atoms. The fourth-order valence-electron chi connectivity index (χ4n) is 2.76. The summed E-state index contributed by atoms with van der Waals surface area (Å²) in [6, 6.07) is 13.2. The number of hydrogen-bond acceptors (Lipinski definition) is 5. The predicted octanol–water partition coefficient (Wildman–Crippen LogP) is 3.02. The second kappa shape index (κ2) is 10.3. The minimum Gasteiger partial charge on any atom is -0.481 e. The van der Waals surface area contributed by atoms with Gasteiger partial charge in [0.2, 0.25) is 10.0 Å². The van der Waals surface area contributed by atoms with Crippen molar-refractivity contribution in [3.63, 3.8) is 0 Å². The third kappa shape index (κ3) is 6.71. The average Bonchev–Trinajstić information content (AvgIpc) is 2.71. The molecule has 0 heterocycles. The number of rotatable bonds is 9. The molecule has 0 aliphatic rings. The van der Waals surface area contributed by atoms with Gasteiger partial charge >= 0.3 is 0 Å². The van der Waals surface area contributed by atoms with Crippen LogP contribution in [0.5, 0.6) is 5.75 Å². The van der Waals surface area contributed by atoms with Crippen molar-refractivity contribution in [3.8, 4) is 5.75 Å². The molecule has 0 bridgehead atoms. The van der Waals surface area contributed by atoms with Gasteiger partial charge in [-0.25, -0.2) is 8.42 Å². The quantitative estimate of drug-likeness (QED) is 0.615. The number of ether oxygens (including phenoxy) is 1. The first-order valence-corrected chi connectivity index (χ1v) is 11.8.